The van der Waals surface area contributed by atoms with Crippen LogP contribution in [0, 0.1) is 5.92 Å². The molecule has 6 nitrogen and oxygen atoms in total. The second-order valence-electron chi connectivity index (χ2n) is 4.60. The Kier molecular flexibility index (Phi) is 4.06. The van der Waals surface area contributed by atoms with E-state index in [0.717, 1.165) is 11.3 Å². The zero-order valence-corrected chi connectivity index (χ0v) is 11.2. The molecule has 0 saturated heterocycles. The molecule has 1 aromatic carbocycles. The molecule has 1 aromatic rings. The summed E-state index contributed by atoms with van der Waals surface area (Å²) in [6, 6.07) is 7.83. The molecule has 0 bridgehead atoms. The molecule has 1 heterocycles. The summed E-state index contributed by atoms with van der Waals surface area (Å²) >= 11 is 0. The van der Waals surface area contributed by atoms with E-state index >= 15 is 0 Å². The summed E-state index contributed by atoms with van der Waals surface area (Å²) < 4.78 is 21.5. The van der Waals surface area contributed by atoms with Crippen molar-refractivity contribution < 1.29 is 13.2 Å². The molecule has 1 amide bonds. The Hall–Kier alpha value is -1.60. The summed E-state index contributed by atoms with van der Waals surface area (Å²) in [4.78, 5) is 11.9. The average molecular weight is 283 g/mol. The highest BCUT2D eigenvalue weighted by molar-refractivity contribution is 7.89. The number of carbonyl (C=O) groups is 1. The van der Waals surface area contributed by atoms with Crippen molar-refractivity contribution in [2.45, 2.75) is 6.42 Å². The van der Waals surface area contributed by atoms with Crippen molar-refractivity contribution in [2.24, 2.45) is 11.1 Å². The van der Waals surface area contributed by atoms with Crippen LogP contribution in [0.4, 0.5) is 5.69 Å². The molecular weight excluding hydrogens is 266 g/mol. The van der Waals surface area contributed by atoms with E-state index in [1.165, 1.54) is 0 Å². The molecule has 2 rings (SSSR count). The minimum atomic E-state index is -3.53. The summed E-state index contributed by atoms with van der Waals surface area (Å²) in [5.74, 6) is -0.573. The monoisotopic (exact) mass is 283 g/mol. The largest absolute Gasteiger partial charge is 0.384 e. The predicted octanol–water partition coefficient (Wildman–Crippen LogP) is -0.324. The zero-order valence-electron chi connectivity index (χ0n) is 10.4. The number of hydrogen-bond donors (Lipinski definition) is 3. The lowest BCUT2D eigenvalue weighted by molar-refractivity contribution is -0.124. The molecule has 0 aromatic heterocycles. The Morgan fingerprint density at radius 2 is 2.16 bits per heavy atom. The standard InChI is InChI=1S/C12H17N3O3S/c13-19(17,18)6-5-14-12(16)10-7-9-3-1-2-4-11(9)15-8-10/h1-4,10,15H,5-8H2,(H,14,16)(H2,13,17,18). The van der Waals surface area contributed by atoms with Crippen molar-refractivity contribution in [3.05, 3.63) is 29.8 Å². The van der Waals surface area contributed by atoms with Gasteiger partial charge in [0.2, 0.25) is 15.9 Å². The van der Waals surface area contributed by atoms with Gasteiger partial charge in [0.05, 0.1) is 11.7 Å². The van der Waals surface area contributed by atoms with E-state index < -0.39 is 10.0 Å². The molecule has 19 heavy (non-hydrogen) atoms. The van der Waals surface area contributed by atoms with Crippen molar-refractivity contribution in [1.82, 2.24) is 5.32 Å². The number of rotatable bonds is 4. The molecule has 1 aliphatic rings. The van der Waals surface area contributed by atoms with Crippen molar-refractivity contribution in [1.29, 1.82) is 0 Å². The van der Waals surface area contributed by atoms with Gasteiger partial charge in [0.1, 0.15) is 0 Å². The topological polar surface area (TPSA) is 101 Å². The van der Waals surface area contributed by atoms with Gasteiger partial charge in [0.25, 0.3) is 0 Å². The van der Waals surface area contributed by atoms with Gasteiger partial charge in [-0.25, -0.2) is 13.6 Å². The third-order valence-corrected chi connectivity index (χ3v) is 3.85. The maximum atomic E-state index is 11.9. The predicted molar refractivity (Wildman–Crippen MR) is 73.1 cm³/mol. The SMILES string of the molecule is NS(=O)(=O)CCNC(=O)C1CNc2ccccc2C1. The Bertz CT molecular complexity index is 571. The first-order valence-corrected chi connectivity index (χ1v) is 7.77. The number of nitrogens with two attached hydrogens (primary N) is 1. The third kappa shape index (κ3) is 3.93. The van der Waals surface area contributed by atoms with Crippen LogP contribution in [-0.4, -0.2) is 33.2 Å². The highest BCUT2D eigenvalue weighted by atomic mass is 32.2. The Balaban J connectivity index is 1.89. The van der Waals surface area contributed by atoms with Crippen molar-refractivity contribution in [3.8, 4) is 0 Å². The summed E-state index contributed by atoms with van der Waals surface area (Å²) in [6.07, 6.45) is 0.657. The fourth-order valence-corrected chi connectivity index (χ4v) is 2.47. The van der Waals surface area contributed by atoms with Gasteiger partial charge in [-0.2, -0.15) is 0 Å². The number of nitrogens with one attached hydrogen (secondary N) is 2. The van der Waals surface area contributed by atoms with Crippen LogP contribution in [0.3, 0.4) is 0 Å². The van der Waals surface area contributed by atoms with Crippen LogP contribution >= 0.6 is 0 Å². The van der Waals surface area contributed by atoms with Gasteiger partial charge in [-0.15, -0.1) is 0 Å². The lowest BCUT2D eigenvalue weighted by Crippen LogP contribution is -2.40. The van der Waals surface area contributed by atoms with Crippen molar-refractivity contribution in [2.75, 3.05) is 24.2 Å². The minimum absolute atomic E-state index is 0.0514. The van der Waals surface area contributed by atoms with E-state index in [2.05, 4.69) is 10.6 Å². The first kappa shape index (κ1) is 13.8. The zero-order chi connectivity index (χ0) is 13.9. The fraction of sp³-hybridized carbons (Fsp3) is 0.417. The molecule has 1 aliphatic heterocycles. The number of benzene rings is 1. The molecule has 0 fully saturated rings. The number of para-hydroxylation sites is 1. The first-order chi connectivity index (χ1) is 8.96. The maximum absolute atomic E-state index is 11.9. The Morgan fingerprint density at radius 3 is 2.89 bits per heavy atom. The van der Waals surface area contributed by atoms with Gasteiger partial charge in [0.15, 0.2) is 0 Å². The Labute approximate surface area is 112 Å². The van der Waals surface area contributed by atoms with Gasteiger partial charge >= 0.3 is 0 Å². The summed E-state index contributed by atoms with van der Waals surface area (Å²) in [5, 5.41) is 10.7. The average Bonchev–Trinajstić information content (AvgIpc) is 2.36. The van der Waals surface area contributed by atoms with Gasteiger partial charge in [-0.05, 0) is 18.1 Å². The summed E-state index contributed by atoms with van der Waals surface area (Å²) in [5.41, 5.74) is 2.15. The molecule has 1 unspecified atom stereocenters. The van der Waals surface area contributed by atoms with Gasteiger partial charge in [0, 0.05) is 18.8 Å². The number of sulfonamides is 1. The summed E-state index contributed by atoms with van der Waals surface area (Å²) in [6.45, 7) is 0.605. The minimum Gasteiger partial charge on any atom is -0.384 e. The van der Waals surface area contributed by atoms with E-state index in [9.17, 15) is 13.2 Å². The van der Waals surface area contributed by atoms with Crippen LogP contribution in [0.5, 0.6) is 0 Å². The highest BCUT2D eigenvalue weighted by Crippen LogP contribution is 2.24. The number of amides is 1. The lowest BCUT2D eigenvalue weighted by Gasteiger charge is -2.25. The Morgan fingerprint density at radius 1 is 1.42 bits per heavy atom. The second-order valence-corrected chi connectivity index (χ2v) is 6.33. The van der Waals surface area contributed by atoms with Crippen LogP contribution in [0.25, 0.3) is 0 Å². The molecule has 0 spiro atoms. The number of primary sulfonamides is 1. The number of hydrogen-bond acceptors (Lipinski definition) is 4. The lowest BCUT2D eigenvalue weighted by atomic mass is 9.93. The van der Waals surface area contributed by atoms with Crippen LogP contribution in [0.2, 0.25) is 0 Å². The smallest absolute Gasteiger partial charge is 0.225 e. The van der Waals surface area contributed by atoms with Crippen molar-refractivity contribution in [3.63, 3.8) is 0 Å². The van der Waals surface area contributed by atoms with E-state index in [0.29, 0.717) is 13.0 Å². The van der Waals surface area contributed by atoms with Crippen molar-refractivity contribution >= 4 is 21.6 Å². The quantitative estimate of drug-likeness (QED) is 0.704. The molecule has 0 aliphatic carbocycles. The van der Waals surface area contributed by atoms with Crippen LogP contribution < -0.4 is 15.8 Å². The van der Waals surface area contributed by atoms with Gasteiger partial charge in [-0.1, -0.05) is 18.2 Å². The second kappa shape index (κ2) is 5.58. The van der Waals surface area contributed by atoms with Crippen LogP contribution in [0.15, 0.2) is 24.3 Å². The van der Waals surface area contributed by atoms with Gasteiger partial charge < -0.3 is 10.6 Å². The van der Waals surface area contributed by atoms with E-state index in [4.69, 9.17) is 5.14 Å². The third-order valence-electron chi connectivity index (χ3n) is 3.08. The molecule has 104 valence electrons. The molecular formula is C12H17N3O3S. The maximum Gasteiger partial charge on any atom is 0.225 e. The van der Waals surface area contributed by atoms with E-state index in [-0.39, 0.29) is 24.1 Å². The van der Waals surface area contributed by atoms with Crippen LogP contribution in [-0.2, 0) is 21.2 Å². The number of anilines is 1. The highest BCUT2D eigenvalue weighted by Gasteiger charge is 2.23. The fourth-order valence-electron chi connectivity index (χ4n) is 2.09. The number of carbonyl (C=O) groups excluding carboxylic acids is 1. The van der Waals surface area contributed by atoms with Gasteiger partial charge in [-0.3, -0.25) is 4.79 Å². The molecule has 0 radical (unpaired) electrons. The van der Waals surface area contributed by atoms with E-state index in [1.54, 1.807) is 0 Å². The first-order valence-electron chi connectivity index (χ1n) is 6.06. The van der Waals surface area contributed by atoms with E-state index in [1.807, 2.05) is 24.3 Å². The molecule has 7 heteroatoms. The summed E-state index contributed by atoms with van der Waals surface area (Å²) in [7, 11) is -3.53. The van der Waals surface area contributed by atoms with Crippen LogP contribution in [0.1, 0.15) is 5.56 Å². The normalized spacial score (nSPS) is 18.3. The molecule has 4 N–H and O–H groups in total. The molecule has 0 saturated carbocycles. The molecule has 1 atom stereocenters. The number of fused-ring (bicyclic) bond motifs is 1.